The summed E-state index contributed by atoms with van der Waals surface area (Å²) in [4.78, 5) is 78.9. The Morgan fingerprint density at radius 3 is 2.26 bits per heavy atom. The number of anilines is 1. The number of aromatic hydroxyl groups is 1. The molecule has 3 aromatic rings. The van der Waals surface area contributed by atoms with Crippen LogP contribution in [0.1, 0.15) is 53.4 Å². The zero-order valence-electron chi connectivity index (χ0n) is 23.3. The second kappa shape index (κ2) is 14.6. The lowest BCUT2D eigenvalue weighted by Gasteiger charge is -2.14. The zero-order valence-corrected chi connectivity index (χ0v) is 24.1. The topological polar surface area (TPSA) is 220 Å². The van der Waals surface area contributed by atoms with E-state index in [-0.39, 0.29) is 23.8 Å². The lowest BCUT2D eigenvalue weighted by atomic mass is 10.00. The van der Waals surface area contributed by atoms with Gasteiger partial charge in [-0.15, -0.1) is 0 Å². The van der Waals surface area contributed by atoms with E-state index in [0.717, 1.165) is 24.2 Å². The lowest BCUT2D eigenvalue weighted by molar-refractivity contribution is -0.134. The molecule has 1 aliphatic heterocycles. The van der Waals surface area contributed by atoms with E-state index in [4.69, 9.17) is 14.6 Å². The molecule has 1 aromatic heterocycles. The second-order valence-electron chi connectivity index (χ2n) is 9.08. The minimum Gasteiger partial charge on any atom is -0.494 e. The van der Waals surface area contributed by atoms with E-state index in [9.17, 15) is 29.1 Å². The van der Waals surface area contributed by atoms with Gasteiger partial charge in [-0.3, -0.25) is 29.1 Å². The van der Waals surface area contributed by atoms with Gasteiger partial charge in [0.15, 0.2) is 5.17 Å². The fourth-order valence-electron chi connectivity index (χ4n) is 3.79. The van der Waals surface area contributed by atoms with Gasteiger partial charge in [0.05, 0.1) is 12.2 Å². The number of aliphatic imine (C=N–C) groups is 1. The number of esters is 1. The molecule has 2 atom stereocenters. The third-order valence-corrected chi connectivity index (χ3v) is 6.79. The quantitative estimate of drug-likeness (QED) is 0.204. The van der Waals surface area contributed by atoms with Crippen LogP contribution >= 0.6 is 11.8 Å². The Hall–Kier alpha value is -5.18. The molecule has 2 amide bonds. The third-order valence-electron chi connectivity index (χ3n) is 5.70. The highest BCUT2D eigenvalue weighted by Gasteiger charge is 2.34. The molecule has 1 fully saturated rings. The number of aliphatic carboxylic acids is 1. The predicted octanol–water partition coefficient (Wildman–Crippen LogP) is 2.05. The largest absolute Gasteiger partial charge is 0.494 e. The van der Waals surface area contributed by atoms with E-state index in [1.165, 1.54) is 12.1 Å². The minimum atomic E-state index is -1.06. The van der Waals surface area contributed by atoms with E-state index in [1.54, 1.807) is 43.3 Å². The van der Waals surface area contributed by atoms with Crippen molar-refractivity contribution in [1.82, 2.24) is 15.3 Å². The molecular formula is C28H29N5O9S. The van der Waals surface area contributed by atoms with Crippen molar-refractivity contribution in [2.75, 3.05) is 11.9 Å². The average Bonchev–Trinajstić information content (AvgIpc) is 3.26. The van der Waals surface area contributed by atoms with Crippen LogP contribution in [0.25, 0.3) is 0 Å². The highest BCUT2D eigenvalue weighted by molar-refractivity contribution is 8.15. The zero-order chi connectivity index (χ0) is 31.7. The highest BCUT2D eigenvalue weighted by Crippen LogP contribution is 2.32. The SMILES string of the molecule is CC(=O)O.CCOC(=O)c1ccc(NC(=O)CC2SC(=NC(c3ccc(C)cc3)c3c(O)[nH]c(=O)[nH]c3=O)NC2=O)cc1. The molecule has 1 aliphatic rings. The van der Waals surface area contributed by atoms with Crippen LogP contribution in [0, 0.1) is 6.92 Å². The molecule has 2 aromatic carbocycles. The van der Waals surface area contributed by atoms with Crippen molar-refractivity contribution in [1.29, 1.82) is 0 Å². The van der Waals surface area contributed by atoms with E-state index in [1.807, 2.05) is 6.92 Å². The fourth-order valence-corrected chi connectivity index (χ4v) is 4.79. The van der Waals surface area contributed by atoms with Gasteiger partial charge >= 0.3 is 11.7 Å². The van der Waals surface area contributed by atoms with Crippen molar-refractivity contribution in [3.05, 3.63) is 91.6 Å². The van der Waals surface area contributed by atoms with Crippen LogP contribution in [0.3, 0.4) is 0 Å². The molecule has 6 N–H and O–H groups in total. The number of carbonyl (C=O) groups is 4. The maximum Gasteiger partial charge on any atom is 0.338 e. The molecule has 15 heteroatoms. The van der Waals surface area contributed by atoms with Gasteiger partial charge in [-0.05, 0) is 43.7 Å². The van der Waals surface area contributed by atoms with Crippen molar-refractivity contribution in [3.8, 4) is 5.88 Å². The molecule has 2 heterocycles. The Morgan fingerprint density at radius 2 is 1.67 bits per heavy atom. The van der Waals surface area contributed by atoms with Crippen molar-refractivity contribution in [2.45, 2.75) is 38.5 Å². The standard InChI is InChI=1S/C26H25N5O7S.C2H4O2/c1-3-38-24(36)15-8-10-16(11-9-15)27-18(32)12-17-21(33)31-26(39-17)28-20(14-6-4-13(2)5-7-14)19-22(34)29-25(37)30-23(19)35;1-2(3)4/h4-11,17,20H,3,12H2,1-2H3,(H,27,32)(H,28,31,33)(H3,29,30,34,35,37);1H3,(H,3,4). The van der Waals surface area contributed by atoms with E-state index in [2.05, 4.69) is 25.6 Å². The Kier molecular flexibility index (Phi) is 11.0. The summed E-state index contributed by atoms with van der Waals surface area (Å²) in [7, 11) is 0. The number of aryl methyl sites for hydroxylation is 1. The Balaban J connectivity index is 0.00000119. The average molecular weight is 612 g/mol. The van der Waals surface area contributed by atoms with E-state index < -0.39 is 52.2 Å². The van der Waals surface area contributed by atoms with Crippen LogP contribution in [0.15, 0.2) is 63.1 Å². The first kappa shape index (κ1) is 32.3. The number of carbonyl (C=O) groups excluding carboxylic acids is 3. The van der Waals surface area contributed by atoms with Crippen molar-refractivity contribution >= 4 is 46.4 Å². The van der Waals surface area contributed by atoms with Crippen molar-refractivity contribution < 1.29 is 34.1 Å². The summed E-state index contributed by atoms with van der Waals surface area (Å²) in [5.41, 5.74) is 0.369. The van der Waals surface area contributed by atoms with E-state index in [0.29, 0.717) is 16.8 Å². The van der Waals surface area contributed by atoms with Crippen LogP contribution < -0.4 is 21.9 Å². The number of ether oxygens (including phenoxy) is 1. The fraction of sp³-hybridized carbons (Fsp3) is 0.250. The number of amides is 2. The Morgan fingerprint density at radius 1 is 1.05 bits per heavy atom. The summed E-state index contributed by atoms with van der Waals surface area (Å²) in [6, 6.07) is 12.1. The summed E-state index contributed by atoms with van der Waals surface area (Å²) < 4.78 is 4.93. The number of carboxylic acid groups (broad SMARTS) is 1. The number of rotatable bonds is 8. The monoisotopic (exact) mass is 611 g/mol. The number of nitrogens with zero attached hydrogens (tertiary/aromatic N) is 1. The molecule has 43 heavy (non-hydrogen) atoms. The smallest absolute Gasteiger partial charge is 0.338 e. The Labute approximate surface area is 248 Å². The summed E-state index contributed by atoms with van der Waals surface area (Å²) >= 11 is 1.01. The number of aromatic nitrogens is 2. The molecule has 4 rings (SSSR count). The van der Waals surface area contributed by atoms with Crippen molar-refractivity contribution in [3.63, 3.8) is 0 Å². The van der Waals surface area contributed by atoms with Gasteiger partial charge in [0.25, 0.3) is 11.5 Å². The maximum atomic E-state index is 12.6. The van der Waals surface area contributed by atoms with Gasteiger partial charge in [0.1, 0.15) is 16.9 Å². The molecule has 1 saturated heterocycles. The van der Waals surface area contributed by atoms with Crippen LogP contribution in [0.5, 0.6) is 5.88 Å². The van der Waals surface area contributed by atoms with Gasteiger partial charge in [-0.1, -0.05) is 41.6 Å². The first-order valence-electron chi connectivity index (χ1n) is 12.8. The molecule has 0 aliphatic carbocycles. The van der Waals surface area contributed by atoms with Crippen LogP contribution in [0.4, 0.5) is 5.69 Å². The molecule has 0 radical (unpaired) electrons. The summed E-state index contributed by atoms with van der Waals surface area (Å²) in [5.74, 6) is -2.83. The minimum absolute atomic E-state index is 0.146. The summed E-state index contributed by atoms with van der Waals surface area (Å²) in [6.07, 6.45) is -0.172. The molecule has 2 unspecified atom stereocenters. The van der Waals surface area contributed by atoms with Gasteiger partial charge < -0.3 is 25.6 Å². The highest BCUT2D eigenvalue weighted by atomic mass is 32.2. The maximum absolute atomic E-state index is 12.6. The third kappa shape index (κ3) is 9.16. The Bertz CT molecular complexity index is 1640. The number of hydrogen-bond donors (Lipinski definition) is 6. The van der Waals surface area contributed by atoms with Crippen molar-refractivity contribution in [2.24, 2.45) is 4.99 Å². The number of benzene rings is 2. The van der Waals surface area contributed by atoms with Crippen LogP contribution in [-0.2, 0) is 19.1 Å². The molecule has 14 nitrogen and oxygen atoms in total. The van der Waals surface area contributed by atoms with Crippen LogP contribution in [0.2, 0.25) is 0 Å². The molecule has 226 valence electrons. The number of aromatic amines is 2. The predicted molar refractivity (Wildman–Crippen MR) is 158 cm³/mol. The number of H-pyrrole nitrogens is 2. The first-order chi connectivity index (χ1) is 20.4. The van der Waals surface area contributed by atoms with Gasteiger partial charge in [-0.2, -0.15) is 0 Å². The van der Waals surface area contributed by atoms with E-state index >= 15 is 0 Å². The molecule has 0 saturated carbocycles. The lowest BCUT2D eigenvalue weighted by Crippen LogP contribution is -2.29. The molecule has 0 spiro atoms. The summed E-state index contributed by atoms with van der Waals surface area (Å²) in [6.45, 7) is 4.92. The van der Waals surface area contributed by atoms with Gasteiger partial charge in [0, 0.05) is 19.0 Å². The van der Waals surface area contributed by atoms with Crippen LogP contribution in [-0.4, -0.2) is 61.0 Å². The molecular weight excluding hydrogens is 582 g/mol. The number of thioether (sulfide) groups is 1. The molecule has 0 bridgehead atoms. The first-order valence-corrected chi connectivity index (χ1v) is 13.7. The van der Waals surface area contributed by atoms with Gasteiger partial charge in [0.2, 0.25) is 17.7 Å². The normalized spacial score (nSPS) is 15.6. The number of hydrogen-bond acceptors (Lipinski definition) is 10. The summed E-state index contributed by atoms with van der Waals surface area (Å²) in [5, 5.41) is 22.4. The number of carboxylic acids is 1. The number of amidine groups is 1. The number of nitrogens with one attached hydrogen (secondary N) is 4. The second-order valence-corrected chi connectivity index (χ2v) is 10.3. The van der Waals surface area contributed by atoms with Gasteiger partial charge in [-0.25, -0.2) is 14.6 Å².